The molecule has 4 N–H and O–H groups in total. The molecule has 0 aromatic carbocycles. The zero-order valence-corrected chi connectivity index (χ0v) is 12.3. The van der Waals surface area contributed by atoms with E-state index in [-0.39, 0.29) is 24.4 Å². The molecular weight excluding hydrogens is 280 g/mol. The summed E-state index contributed by atoms with van der Waals surface area (Å²) >= 11 is 1.27. The number of hydrogen-bond donors (Lipinski definition) is 3. The number of aromatic nitrogens is 1. The number of nitrogens with zero attached hydrogens (tertiary/aromatic N) is 2. The fourth-order valence-electron chi connectivity index (χ4n) is 1.95. The van der Waals surface area contributed by atoms with Crippen molar-refractivity contribution >= 4 is 28.2 Å². The minimum atomic E-state index is -0.320. The molecule has 8 heteroatoms. The quantitative estimate of drug-likeness (QED) is 0.727. The Hall–Kier alpha value is -1.38. The number of amides is 1. The van der Waals surface area contributed by atoms with Crippen molar-refractivity contribution in [2.24, 2.45) is 0 Å². The molecule has 0 radical (unpaired) electrons. The fraction of sp³-hybridized carbons (Fsp3) is 0.667. The van der Waals surface area contributed by atoms with Crippen LogP contribution >= 0.6 is 11.3 Å². The topological polar surface area (TPSA) is 101 Å². The number of morpholine rings is 1. The van der Waals surface area contributed by atoms with E-state index in [0.717, 1.165) is 13.0 Å². The first kappa shape index (κ1) is 15.0. The molecule has 0 spiro atoms. The Morgan fingerprint density at radius 1 is 1.70 bits per heavy atom. The second-order valence-corrected chi connectivity index (χ2v) is 5.59. The Morgan fingerprint density at radius 3 is 3.20 bits per heavy atom. The van der Waals surface area contributed by atoms with Gasteiger partial charge in [0.25, 0.3) is 5.91 Å². The van der Waals surface area contributed by atoms with Gasteiger partial charge in [0, 0.05) is 19.6 Å². The Kier molecular flexibility index (Phi) is 5.16. The maximum Gasteiger partial charge on any atom is 0.268 e. The summed E-state index contributed by atoms with van der Waals surface area (Å²) in [7, 11) is 0. The summed E-state index contributed by atoms with van der Waals surface area (Å²) in [6.45, 7) is 4.07. The Balaban J connectivity index is 2.06. The Morgan fingerprint density at radius 2 is 2.50 bits per heavy atom. The van der Waals surface area contributed by atoms with Crippen molar-refractivity contribution in [1.29, 1.82) is 0 Å². The third-order valence-corrected chi connectivity index (χ3v) is 4.02. The normalized spacial score (nSPS) is 19.1. The van der Waals surface area contributed by atoms with Crippen LogP contribution in [0.25, 0.3) is 0 Å². The summed E-state index contributed by atoms with van der Waals surface area (Å²) in [4.78, 5) is 18.7. The number of rotatable bonds is 5. The first-order valence-electron chi connectivity index (χ1n) is 6.67. The molecule has 2 heterocycles. The van der Waals surface area contributed by atoms with E-state index in [1.807, 2.05) is 0 Å². The van der Waals surface area contributed by atoms with E-state index in [4.69, 9.17) is 15.6 Å². The van der Waals surface area contributed by atoms with Gasteiger partial charge in [-0.1, -0.05) is 18.3 Å². The third kappa shape index (κ3) is 3.38. The van der Waals surface area contributed by atoms with Gasteiger partial charge in [0.1, 0.15) is 10.7 Å². The lowest BCUT2D eigenvalue weighted by Gasteiger charge is -2.31. The van der Waals surface area contributed by atoms with Crippen LogP contribution in [0.3, 0.4) is 0 Å². The molecule has 20 heavy (non-hydrogen) atoms. The summed E-state index contributed by atoms with van der Waals surface area (Å²) in [5.41, 5.74) is 5.82. The average Bonchev–Trinajstić information content (AvgIpc) is 2.85. The number of nitrogens with one attached hydrogen (secondary N) is 1. The second kappa shape index (κ2) is 6.87. The van der Waals surface area contributed by atoms with Gasteiger partial charge in [-0.05, 0) is 6.42 Å². The monoisotopic (exact) mass is 300 g/mol. The van der Waals surface area contributed by atoms with E-state index < -0.39 is 0 Å². The van der Waals surface area contributed by atoms with Crippen LogP contribution < -0.4 is 11.1 Å². The van der Waals surface area contributed by atoms with Crippen molar-refractivity contribution in [1.82, 2.24) is 9.88 Å². The summed E-state index contributed by atoms with van der Waals surface area (Å²) < 4.78 is 5.33. The fourth-order valence-corrected chi connectivity index (χ4v) is 2.83. The molecule has 1 aromatic rings. The lowest BCUT2D eigenvalue weighted by molar-refractivity contribution is -0.0445. The predicted molar refractivity (Wildman–Crippen MR) is 78.0 cm³/mol. The van der Waals surface area contributed by atoms with E-state index in [1.54, 1.807) is 4.90 Å². The molecule has 1 aromatic heterocycles. The van der Waals surface area contributed by atoms with Crippen molar-refractivity contribution < 1.29 is 14.6 Å². The first-order chi connectivity index (χ1) is 9.65. The van der Waals surface area contributed by atoms with Gasteiger partial charge < -0.3 is 25.8 Å². The molecular formula is C12H20N4O3S. The molecule has 7 nitrogen and oxygen atoms in total. The number of ether oxygens (including phenoxy) is 1. The van der Waals surface area contributed by atoms with Crippen LogP contribution in [0.1, 0.15) is 23.0 Å². The molecule has 0 saturated carbocycles. The van der Waals surface area contributed by atoms with Gasteiger partial charge in [-0.25, -0.2) is 4.98 Å². The van der Waals surface area contributed by atoms with E-state index in [2.05, 4.69) is 17.2 Å². The van der Waals surface area contributed by atoms with Crippen LogP contribution in [-0.2, 0) is 4.74 Å². The van der Waals surface area contributed by atoms with Crippen LogP contribution in [-0.4, -0.2) is 59.8 Å². The molecule has 0 aliphatic carbocycles. The van der Waals surface area contributed by atoms with Gasteiger partial charge in [0.05, 0.1) is 19.3 Å². The molecule has 1 aliphatic rings. The van der Waals surface area contributed by atoms with Crippen molar-refractivity contribution in [3.63, 3.8) is 0 Å². The number of nitrogen functional groups attached to an aromatic ring is 1. The summed E-state index contributed by atoms with van der Waals surface area (Å²) in [5.74, 6) is 0.108. The van der Waals surface area contributed by atoms with Gasteiger partial charge in [-0.3, -0.25) is 4.79 Å². The largest absolute Gasteiger partial charge is 0.394 e. The van der Waals surface area contributed by atoms with Crippen LogP contribution in [0.5, 0.6) is 0 Å². The van der Waals surface area contributed by atoms with Crippen LogP contribution in [0.4, 0.5) is 10.9 Å². The predicted octanol–water partition coefficient (Wildman–Crippen LogP) is 0.381. The molecule has 1 atom stereocenters. The summed E-state index contributed by atoms with van der Waals surface area (Å²) in [6, 6.07) is 0. The minimum Gasteiger partial charge on any atom is -0.394 e. The number of carbonyl (C=O) groups is 1. The first-order valence-corrected chi connectivity index (χ1v) is 7.49. The Labute approximate surface area is 121 Å². The van der Waals surface area contributed by atoms with Gasteiger partial charge >= 0.3 is 0 Å². The highest BCUT2D eigenvalue weighted by Gasteiger charge is 2.27. The number of aliphatic hydroxyl groups excluding tert-OH is 1. The zero-order valence-electron chi connectivity index (χ0n) is 11.5. The lowest BCUT2D eigenvalue weighted by atomic mass is 10.2. The highest BCUT2D eigenvalue weighted by molar-refractivity contribution is 7.18. The molecule has 1 aliphatic heterocycles. The van der Waals surface area contributed by atoms with Crippen molar-refractivity contribution in [3.8, 4) is 0 Å². The molecule has 1 fully saturated rings. The standard InChI is InChI=1S/C12H20N4O3S/c1-2-3-14-12-15-10(13)9(20-12)11(18)16-4-5-19-8(6-16)7-17/h8,17H,2-7,13H2,1H3,(H,14,15). The van der Waals surface area contributed by atoms with E-state index in [1.165, 1.54) is 11.3 Å². The van der Waals surface area contributed by atoms with Gasteiger partial charge in [0.15, 0.2) is 5.13 Å². The molecule has 1 amide bonds. The number of carbonyl (C=O) groups excluding carboxylic acids is 1. The lowest BCUT2D eigenvalue weighted by Crippen LogP contribution is -2.46. The molecule has 2 rings (SSSR count). The average molecular weight is 300 g/mol. The van der Waals surface area contributed by atoms with E-state index in [0.29, 0.717) is 29.7 Å². The molecule has 1 unspecified atom stereocenters. The number of nitrogens with two attached hydrogens (primary N) is 1. The van der Waals surface area contributed by atoms with Crippen LogP contribution in [0, 0.1) is 0 Å². The molecule has 1 saturated heterocycles. The third-order valence-electron chi connectivity index (χ3n) is 3.00. The number of thiazole rings is 1. The van der Waals surface area contributed by atoms with Crippen molar-refractivity contribution in [3.05, 3.63) is 4.88 Å². The number of aliphatic hydroxyl groups is 1. The number of anilines is 2. The second-order valence-electron chi connectivity index (χ2n) is 4.59. The smallest absolute Gasteiger partial charge is 0.268 e. The molecule has 0 bridgehead atoms. The minimum absolute atomic E-state index is 0.0920. The van der Waals surface area contributed by atoms with Gasteiger partial charge in [-0.2, -0.15) is 0 Å². The van der Waals surface area contributed by atoms with E-state index >= 15 is 0 Å². The van der Waals surface area contributed by atoms with E-state index in [9.17, 15) is 4.79 Å². The summed E-state index contributed by atoms with van der Waals surface area (Å²) in [5, 5.41) is 12.9. The highest BCUT2D eigenvalue weighted by Crippen LogP contribution is 2.26. The van der Waals surface area contributed by atoms with Crippen molar-refractivity contribution in [2.75, 3.05) is 43.9 Å². The zero-order chi connectivity index (χ0) is 14.5. The Bertz CT molecular complexity index is 466. The highest BCUT2D eigenvalue weighted by atomic mass is 32.1. The maximum absolute atomic E-state index is 12.4. The van der Waals surface area contributed by atoms with Crippen LogP contribution in [0.2, 0.25) is 0 Å². The van der Waals surface area contributed by atoms with Crippen LogP contribution in [0.15, 0.2) is 0 Å². The number of hydrogen-bond acceptors (Lipinski definition) is 7. The molecule has 112 valence electrons. The summed E-state index contributed by atoms with van der Waals surface area (Å²) in [6.07, 6.45) is 0.657. The van der Waals surface area contributed by atoms with Gasteiger partial charge in [-0.15, -0.1) is 0 Å². The maximum atomic E-state index is 12.4. The van der Waals surface area contributed by atoms with Crippen molar-refractivity contribution in [2.45, 2.75) is 19.4 Å². The van der Waals surface area contributed by atoms with Gasteiger partial charge in [0.2, 0.25) is 0 Å². The SMILES string of the molecule is CCCNc1nc(N)c(C(=O)N2CCOC(CO)C2)s1.